The molecule has 0 saturated heterocycles. The molecule has 0 bridgehead atoms. The summed E-state index contributed by atoms with van der Waals surface area (Å²) >= 11 is 3.33. The number of hydrogen-bond acceptors (Lipinski definition) is 11. The van der Waals surface area contributed by atoms with Crippen molar-refractivity contribution in [2.45, 2.75) is 7.43 Å². The van der Waals surface area contributed by atoms with E-state index in [0.717, 1.165) is 12.1 Å². The number of halogens is 1. The van der Waals surface area contributed by atoms with E-state index in [1.807, 2.05) is 6.07 Å². The maximum atomic E-state index is 12.6. The van der Waals surface area contributed by atoms with Crippen molar-refractivity contribution in [3.63, 3.8) is 0 Å². The summed E-state index contributed by atoms with van der Waals surface area (Å²) in [6.45, 7) is 9.50. The van der Waals surface area contributed by atoms with Crippen molar-refractivity contribution in [1.29, 1.82) is 15.8 Å². The van der Waals surface area contributed by atoms with E-state index in [2.05, 4.69) is 15.9 Å². The fourth-order valence-corrected chi connectivity index (χ4v) is 5.03. The summed E-state index contributed by atoms with van der Waals surface area (Å²) in [6.07, 6.45) is 2.88. The van der Waals surface area contributed by atoms with Crippen LogP contribution in [0.1, 0.15) is 13.0 Å². The Morgan fingerprint density at radius 1 is 0.592 bits per heavy atom. The number of benzene rings is 4. The normalized spacial score (nSPS) is 9.47. The maximum absolute atomic E-state index is 12.6. The van der Waals surface area contributed by atoms with Gasteiger partial charge in [-0.05, 0) is 76.6 Å². The number of aromatic nitrogens is 2. The fourth-order valence-electron chi connectivity index (χ4n) is 4.51. The molecule has 49 heavy (non-hydrogen) atoms. The minimum atomic E-state index is -0.530. The molecule has 242 valence electrons. The number of nitriles is 1. The van der Waals surface area contributed by atoms with Gasteiger partial charge in [-0.15, -0.1) is 0 Å². The second kappa shape index (κ2) is 17.6. The molecule has 0 spiro atoms. The van der Waals surface area contributed by atoms with E-state index in [0.29, 0.717) is 21.2 Å². The maximum Gasteiger partial charge on any atom is 2.00 e. The molecule has 0 fully saturated rings. The molecule has 13 nitrogen and oxygen atoms in total. The molecular weight excluding hydrogens is 752 g/mol. The van der Waals surface area contributed by atoms with Crippen molar-refractivity contribution >= 4 is 37.5 Å². The predicted octanol–water partition coefficient (Wildman–Crippen LogP) is 5.68. The summed E-state index contributed by atoms with van der Waals surface area (Å²) in [5.41, 5.74) is 0.170. The third-order valence-corrected chi connectivity index (χ3v) is 7.13. The van der Waals surface area contributed by atoms with Crippen LogP contribution >= 0.6 is 15.9 Å². The number of phenols is 6. The smallest absolute Gasteiger partial charge is 0.512 e. The van der Waals surface area contributed by atoms with Gasteiger partial charge in [0.15, 0.2) is 0 Å². The van der Waals surface area contributed by atoms with E-state index < -0.39 is 16.9 Å². The number of aromatic hydroxyl groups is 6. The predicted molar refractivity (Wildman–Crippen MR) is 178 cm³/mol. The summed E-state index contributed by atoms with van der Waals surface area (Å²) in [5.74, 6) is -0.899. The van der Waals surface area contributed by atoms with Crippen molar-refractivity contribution in [2.75, 3.05) is 0 Å². The van der Waals surface area contributed by atoms with E-state index in [4.69, 9.17) is 23.7 Å². The number of nitrogens with zero attached hydrogens (tertiary/aromatic N) is 5. The van der Waals surface area contributed by atoms with E-state index in [9.17, 15) is 45.5 Å². The van der Waals surface area contributed by atoms with Crippen molar-refractivity contribution < 1.29 is 50.1 Å². The van der Waals surface area contributed by atoms with Gasteiger partial charge in [-0.2, -0.15) is 5.26 Å². The van der Waals surface area contributed by atoms with Gasteiger partial charge in [0.05, 0.1) is 16.3 Å². The van der Waals surface area contributed by atoms with Gasteiger partial charge in [-0.1, -0.05) is 7.43 Å². The number of rotatable bonds is 2. The number of pyridine rings is 2. The Balaban J connectivity index is 0.000000429. The van der Waals surface area contributed by atoms with Crippen molar-refractivity contribution in [2.24, 2.45) is 0 Å². The summed E-state index contributed by atoms with van der Waals surface area (Å²) in [6, 6.07) is 18.7. The Hall–Kier alpha value is -6.33. The van der Waals surface area contributed by atoms with E-state index in [-0.39, 0.29) is 77.4 Å². The average Bonchev–Trinajstić information content (AvgIpc) is 3.05. The number of phenolic OH excluding ortho intramolecular Hbond substituents is 6. The van der Waals surface area contributed by atoms with Crippen LogP contribution in [0.2, 0.25) is 0 Å². The molecule has 2 aromatic heterocycles. The Morgan fingerprint density at radius 2 is 0.959 bits per heavy atom. The monoisotopic (exact) mass is 773 g/mol. The van der Waals surface area contributed by atoms with Crippen molar-refractivity contribution in [3.8, 4) is 51.9 Å². The Kier molecular flexibility index (Phi) is 14.6. The molecule has 15 heteroatoms. The van der Waals surface area contributed by atoms with Gasteiger partial charge in [0, 0.05) is 51.1 Å². The van der Waals surface area contributed by atoms with Gasteiger partial charge in [-0.25, -0.2) is 0 Å². The molecule has 0 aliphatic rings. The summed E-state index contributed by atoms with van der Waals surface area (Å²) in [5, 5.41) is 80.0. The molecule has 0 saturated carbocycles. The molecule has 0 aliphatic heterocycles. The number of fused-ring (bicyclic) bond motifs is 2. The summed E-state index contributed by atoms with van der Waals surface area (Å²) < 4.78 is 3.11. The zero-order valence-electron chi connectivity index (χ0n) is 24.4. The van der Waals surface area contributed by atoms with Gasteiger partial charge in [0.1, 0.15) is 40.6 Å². The first-order chi connectivity index (χ1) is 22.5. The van der Waals surface area contributed by atoms with Crippen LogP contribution in [-0.4, -0.2) is 39.8 Å². The zero-order chi connectivity index (χ0) is 35.0. The van der Waals surface area contributed by atoms with Gasteiger partial charge < -0.3 is 54.3 Å². The zero-order valence-corrected chi connectivity index (χ0v) is 29.0. The van der Waals surface area contributed by atoms with Crippen LogP contribution in [0.25, 0.3) is 32.9 Å². The Labute approximate surface area is 299 Å². The molecule has 0 unspecified atom stereocenters. The Bertz CT molecular complexity index is 2310. The minimum absolute atomic E-state index is 0. The molecule has 0 amide bonds. The first kappa shape index (κ1) is 40.7. The average molecular weight is 776 g/mol. The largest absolute Gasteiger partial charge is 2.00 e. The first-order valence-electron chi connectivity index (χ1n) is 12.8. The van der Waals surface area contributed by atoms with Crippen LogP contribution < -0.4 is 11.1 Å². The van der Waals surface area contributed by atoms with Gasteiger partial charge in [0.25, 0.3) is 11.1 Å². The molecule has 6 N–H and O–H groups in total. The molecule has 6 rings (SSSR count). The molecular formula is C34H24BrN5O8Zn. The second-order valence-corrected chi connectivity index (χ2v) is 10.1. The second-order valence-electron chi connectivity index (χ2n) is 9.29. The van der Waals surface area contributed by atoms with Gasteiger partial charge in [-0.3, -0.25) is 18.7 Å². The first-order valence-corrected chi connectivity index (χ1v) is 13.6. The van der Waals surface area contributed by atoms with Crippen LogP contribution in [0.4, 0.5) is 0 Å². The number of hydrogen-bond donors (Lipinski definition) is 6. The quantitative estimate of drug-likeness (QED) is 0.0925. The Morgan fingerprint density at radius 3 is 1.37 bits per heavy atom. The van der Waals surface area contributed by atoms with Gasteiger partial charge >= 0.3 is 19.5 Å². The molecule has 0 radical (unpaired) electrons. The third kappa shape index (κ3) is 8.53. The van der Waals surface area contributed by atoms with Crippen LogP contribution in [-0.2, 0) is 19.5 Å². The van der Waals surface area contributed by atoms with E-state index in [1.165, 1.54) is 63.9 Å². The van der Waals surface area contributed by atoms with E-state index in [1.54, 1.807) is 18.3 Å². The standard InChI is InChI=1S/C16H10N2O4.C15H10BrNO4.2CN.CH4.Zn/c17-7-9-8-18(10-1-3-11(19)4-2-10)16(22)15-13(9)5-12(20)6-14(15)21;16-12-7-17(8-1-3-9(18)4-2-8)15(21)14-11(12)5-10(19)6-13(14)20;2*1-2;;/h1-6,8,19-21H;1-7,18-20H;;;1H4;/q;;2*-1;;+2. The topological polar surface area (TPSA) is 237 Å². The van der Waals surface area contributed by atoms with Crippen LogP contribution in [0.3, 0.4) is 0 Å². The molecule has 4 aromatic carbocycles. The SMILES string of the molecule is C.N#Cc1cn(-c2ccc(O)cc2)c(=O)c2c(O)cc(O)cc12.O=c1c2c(O)cc(O)cc2c(Br)cn1-c1ccc(O)cc1.[C-]#N.[C-]#N.[Zn+2]. The molecule has 0 aliphatic carbocycles. The summed E-state index contributed by atoms with van der Waals surface area (Å²) in [4.78, 5) is 25.1. The summed E-state index contributed by atoms with van der Waals surface area (Å²) in [7, 11) is 0. The molecule has 6 aromatic rings. The van der Waals surface area contributed by atoms with Crippen LogP contribution in [0.15, 0.2) is 99.3 Å². The van der Waals surface area contributed by atoms with Crippen LogP contribution in [0, 0.1) is 35.0 Å². The molecule has 2 heterocycles. The minimum Gasteiger partial charge on any atom is -0.512 e. The van der Waals surface area contributed by atoms with E-state index >= 15 is 0 Å². The van der Waals surface area contributed by atoms with Crippen LogP contribution in [0.5, 0.6) is 34.5 Å². The fraction of sp³-hybridized carbons (Fsp3) is 0.0294. The third-order valence-electron chi connectivity index (χ3n) is 6.49. The van der Waals surface area contributed by atoms with Gasteiger partial charge in [0.2, 0.25) is 0 Å². The molecule has 0 atom stereocenters. The van der Waals surface area contributed by atoms with Crippen molar-refractivity contribution in [1.82, 2.24) is 9.13 Å². The van der Waals surface area contributed by atoms with Crippen molar-refractivity contribution in [3.05, 3.63) is 129 Å².